The van der Waals surface area contributed by atoms with Crippen molar-refractivity contribution in [3.05, 3.63) is 231 Å². The molecular formula is C58H38N2S. The third-order valence-electron chi connectivity index (χ3n) is 12.2. The van der Waals surface area contributed by atoms with Crippen LogP contribution >= 0.6 is 11.3 Å². The topological polar surface area (TPSA) is 8.17 Å². The molecule has 0 saturated carbocycles. The predicted octanol–water partition coefficient (Wildman–Crippen LogP) is 16.8. The molecule has 0 bridgehead atoms. The van der Waals surface area contributed by atoms with Gasteiger partial charge in [0.15, 0.2) is 0 Å². The SMILES string of the molecule is c1ccc(-c2ccc(N(c3ccc(-c4ccc(-n5c6ccccc6c6ccccc65)cc4-c4ccccc4)cc3)c3ccc4sc5ccc6ccccc6c5c4c3)cc2)cc1. The van der Waals surface area contributed by atoms with Crippen molar-refractivity contribution in [3.8, 4) is 39.1 Å². The molecule has 286 valence electrons. The second kappa shape index (κ2) is 14.5. The number of fused-ring (bicyclic) bond motifs is 8. The van der Waals surface area contributed by atoms with Crippen LogP contribution in [0.15, 0.2) is 231 Å². The molecule has 0 N–H and O–H groups in total. The lowest BCUT2D eigenvalue weighted by Crippen LogP contribution is -2.09. The van der Waals surface area contributed by atoms with Crippen LogP contribution in [0.25, 0.3) is 91.8 Å². The molecule has 0 unspecified atom stereocenters. The van der Waals surface area contributed by atoms with Gasteiger partial charge in [0.25, 0.3) is 0 Å². The fourth-order valence-electron chi connectivity index (χ4n) is 9.33. The van der Waals surface area contributed by atoms with Crippen molar-refractivity contribution in [2.45, 2.75) is 0 Å². The Hall–Kier alpha value is -7.72. The van der Waals surface area contributed by atoms with Crippen molar-refractivity contribution < 1.29 is 0 Å². The van der Waals surface area contributed by atoms with Crippen molar-refractivity contribution in [1.82, 2.24) is 4.57 Å². The van der Waals surface area contributed by atoms with Gasteiger partial charge >= 0.3 is 0 Å². The summed E-state index contributed by atoms with van der Waals surface area (Å²) in [5.74, 6) is 0. The summed E-state index contributed by atoms with van der Waals surface area (Å²) in [4.78, 5) is 2.40. The Morgan fingerprint density at radius 2 is 0.852 bits per heavy atom. The zero-order chi connectivity index (χ0) is 40.3. The van der Waals surface area contributed by atoms with E-state index in [2.05, 4.69) is 240 Å². The molecule has 0 spiro atoms. The van der Waals surface area contributed by atoms with E-state index in [1.807, 2.05) is 11.3 Å². The van der Waals surface area contributed by atoms with Crippen molar-refractivity contribution in [3.63, 3.8) is 0 Å². The van der Waals surface area contributed by atoms with E-state index in [4.69, 9.17) is 0 Å². The molecule has 0 atom stereocenters. The fraction of sp³-hybridized carbons (Fsp3) is 0. The third kappa shape index (κ3) is 6.01. The predicted molar refractivity (Wildman–Crippen MR) is 262 cm³/mol. The largest absolute Gasteiger partial charge is 0.310 e. The number of aromatic nitrogens is 1. The minimum atomic E-state index is 1.10. The number of rotatable bonds is 7. The summed E-state index contributed by atoms with van der Waals surface area (Å²) in [7, 11) is 0. The molecule has 10 aromatic carbocycles. The summed E-state index contributed by atoms with van der Waals surface area (Å²) in [5.41, 5.74) is 14.0. The van der Waals surface area contributed by atoms with Gasteiger partial charge in [0.1, 0.15) is 0 Å². The first-order valence-corrected chi connectivity index (χ1v) is 21.6. The van der Waals surface area contributed by atoms with Crippen LogP contribution in [-0.2, 0) is 0 Å². The van der Waals surface area contributed by atoms with Gasteiger partial charge in [-0.05, 0) is 117 Å². The first-order chi connectivity index (χ1) is 30.2. The van der Waals surface area contributed by atoms with E-state index in [0.29, 0.717) is 0 Å². The second-order valence-electron chi connectivity index (χ2n) is 15.7. The Labute approximate surface area is 358 Å². The van der Waals surface area contributed by atoms with Crippen LogP contribution < -0.4 is 4.90 Å². The maximum absolute atomic E-state index is 2.40. The van der Waals surface area contributed by atoms with Gasteiger partial charge in [-0.1, -0.05) is 158 Å². The first-order valence-electron chi connectivity index (χ1n) is 20.8. The summed E-state index contributed by atoms with van der Waals surface area (Å²) >= 11 is 1.87. The van der Waals surface area contributed by atoms with Crippen LogP contribution in [0.5, 0.6) is 0 Å². The molecule has 61 heavy (non-hydrogen) atoms. The Balaban J connectivity index is 0.999. The number of hydrogen-bond donors (Lipinski definition) is 0. The van der Waals surface area contributed by atoms with Gasteiger partial charge in [0.05, 0.1) is 11.0 Å². The van der Waals surface area contributed by atoms with Crippen LogP contribution in [0.3, 0.4) is 0 Å². The second-order valence-corrected chi connectivity index (χ2v) is 16.8. The van der Waals surface area contributed by atoms with E-state index in [1.54, 1.807) is 0 Å². The van der Waals surface area contributed by atoms with Crippen molar-refractivity contribution in [2.24, 2.45) is 0 Å². The lowest BCUT2D eigenvalue weighted by Gasteiger charge is -2.26. The van der Waals surface area contributed by atoms with Gasteiger partial charge in [-0.25, -0.2) is 0 Å². The number of anilines is 3. The van der Waals surface area contributed by atoms with Gasteiger partial charge < -0.3 is 9.47 Å². The van der Waals surface area contributed by atoms with E-state index in [9.17, 15) is 0 Å². The van der Waals surface area contributed by atoms with Gasteiger partial charge in [-0.15, -0.1) is 11.3 Å². The molecule has 2 nitrogen and oxygen atoms in total. The molecule has 2 heterocycles. The summed E-state index contributed by atoms with van der Waals surface area (Å²) < 4.78 is 5.01. The molecule has 0 radical (unpaired) electrons. The minimum Gasteiger partial charge on any atom is -0.310 e. The number of benzene rings is 10. The Kier molecular flexibility index (Phi) is 8.39. The quantitative estimate of drug-likeness (QED) is 0.156. The highest BCUT2D eigenvalue weighted by Gasteiger charge is 2.19. The zero-order valence-corrected chi connectivity index (χ0v) is 34.1. The van der Waals surface area contributed by atoms with Crippen molar-refractivity contribution in [1.29, 1.82) is 0 Å². The molecule has 2 aromatic heterocycles. The average Bonchev–Trinajstić information content (AvgIpc) is 3.88. The monoisotopic (exact) mass is 794 g/mol. The standard InChI is InChI=1S/C58H38N2S/c1-3-13-39(14-4-1)40-23-28-44(29-24-40)59(46-33-36-56-53(38-46)58-49-18-8-7-17-42(49)27-35-57(58)61-56)45-30-25-43(26-31-45)48-34-32-47(37-52(48)41-15-5-2-6-16-41)60-54-21-11-9-19-50(54)51-20-10-12-22-55(51)60/h1-38H. The number of nitrogens with zero attached hydrogens (tertiary/aromatic N) is 2. The highest BCUT2D eigenvalue weighted by molar-refractivity contribution is 7.26. The van der Waals surface area contributed by atoms with E-state index >= 15 is 0 Å². The van der Waals surface area contributed by atoms with Crippen LogP contribution in [-0.4, -0.2) is 4.57 Å². The van der Waals surface area contributed by atoms with Gasteiger partial charge in [-0.3, -0.25) is 0 Å². The molecule has 3 heteroatoms. The van der Waals surface area contributed by atoms with Crippen molar-refractivity contribution >= 4 is 81.1 Å². The summed E-state index contributed by atoms with van der Waals surface area (Å²) in [6, 6.07) is 84.1. The van der Waals surface area contributed by atoms with Crippen LogP contribution in [0.2, 0.25) is 0 Å². The molecule has 0 aliphatic heterocycles. The fourth-order valence-corrected chi connectivity index (χ4v) is 10.4. The Morgan fingerprint density at radius 1 is 0.328 bits per heavy atom. The van der Waals surface area contributed by atoms with E-state index in [-0.39, 0.29) is 0 Å². The van der Waals surface area contributed by atoms with Crippen LogP contribution in [0.1, 0.15) is 0 Å². The molecular weight excluding hydrogens is 757 g/mol. The van der Waals surface area contributed by atoms with Crippen LogP contribution in [0.4, 0.5) is 17.1 Å². The maximum atomic E-state index is 2.40. The molecule has 12 aromatic rings. The maximum Gasteiger partial charge on any atom is 0.0541 e. The van der Waals surface area contributed by atoms with Crippen molar-refractivity contribution in [2.75, 3.05) is 4.90 Å². The molecule has 0 aliphatic rings. The smallest absolute Gasteiger partial charge is 0.0541 e. The van der Waals surface area contributed by atoms with E-state index in [1.165, 1.54) is 86.1 Å². The average molecular weight is 795 g/mol. The number of hydrogen-bond acceptors (Lipinski definition) is 2. The lowest BCUT2D eigenvalue weighted by atomic mass is 9.93. The van der Waals surface area contributed by atoms with E-state index in [0.717, 1.165) is 22.7 Å². The van der Waals surface area contributed by atoms with Crippen LogP contribution in [0, 0.1) is 0 Å². The third-order valence-corrected chi connectivity index (χ3v) is 13.3. The lowest BCUT2D eigenvalue weighted by molar-refractivity contribution is 1.18. The summed E-state index contributed by atoms with van der Waals surface area (Å²) in [6.07, 6.45) is 0. The summed E-state index contributed by atoms with van der Waals surface area (Å²) in [6.45, 7) is 0. The highest BCUT2D eigenvalue weighted by atomic mass is 32.1. The molecule has 0 saturated heterocycles. The Morgan fingerprint density at radius 3 is 1.54 bits per heavy atom. The number of para-hydroxylation sites is 2. The minimum absolute atomic E-state index is 1.10. The molecule has 12 rings (SSSR count). The van der Waals surface area contributed by atoms with Gasteiger partial charge in [-0.2, -0.15) is 0 Å². The highest BCUT2D eigenvalue weighted by Crippen LogP contribution is 2.44. The molecule has 0 amide bonds. The van der Waals surface area contributed by atoms with E-state index < -0.39 is 0 Å². The van der Waals surface area contributed by atoms with Gasteiger partial charge in [0, 0.05) is 53.7 Å². The molecule has 0 aliphatic carbocycles. The zero-order valence-electron chi connectivity index (χ0n) is 33.2. The number of thiophene rings is 1. The normalized spacial score (nSPS) is 11.6. The molecule has 0 fully saturated rings. The Bertz CT molecular complexity index is 3510. The first kappa shape index (κ1) is 35.2. The van der Waals surface area contributed by atoms with Gasteiger partial charge in [0.2, 0.25) is 0 Å². The summed E-state index contributed by atoms with van der Waals surface area (Å²) in [5, 5.41) is 7.70.